The third-order valence-electron chi connectivity index (χ3n) is 4.48. The van der Waals surface area contributed by atoms with Gasteiger partial charge in [0.05, 0.1) is 5.69 Å². The summed E-state index contributed by atoms with van der Waals surface area (Å²) < 4.78 is 2.31. The van der Waals surface area contributed by atoms with Gasteiger partial charge in [0.25, 0.3) is 0 Å². The highest BCUT2D eigenvalue weighted by atomic mass is 14.9. The SMILES string of the molecule is Cc1ccc(-c2c(-c3ccccc3)c(C)c3ccccn23)cc1. The smallest absolute Gasteiger partial charge is 0.0609 e. The molecule has 0 bridgehead atoms. The molecule has 0 spiro atoms. The number of rotatable bonds is 2. The molecule has 4 rings (SSSR count). The molecular formula is C22H19N. The summed E-state index contributed by atoms with van der Waals surface area (Å²) in [5.74, 6) is 0. The number of hydrogen-bond acceptors (Lipinski definition) is 0. The van der Waals surface area contributed by atoms with Crippen LogP contribution >= 0.6 is 0 Å². The Morgan fingerprint density at radius 3 is 2.09 bits per heavy atom. The van der Waals surface area contributed by atoms with Gasteiger partial charge in [-0.15, -0.1) is 0 Å². The fourth-order valence-electron chi connectivity index (χ4n) is 3.32. The number of fused-ring (bicyclic) bond motifs is 1. The number of pyridine rings is 1. The zero-order chi connectivity index (χ0) is 15.8. The van der Waals surface area contributed by atoms with E-state index in [9.17, 15) is 0 Å². The Morgan fingerprint density at radius 2 is 1.35 bits per heavy atom. The molecule has 0 aliphatic heterocycles. The van der Waals surface area contributed by atoms with E-state index in [2.05, 4.69) is 97.2 Å². The summed E-state index contributed by atoms with van der Waals surface area (Å²) >= 11 is 0. The molecule has 23 heavy (non-hydrogen) atoms. The largest absolute Gasteiger partial charge is 0.316 e. The molecule has 0 saturated heterocycles. The molecular weight excluding hydrogens is 278 g/mol. The Labute approximate surface area is 136 Å². The van der Waals surface area contributed by atoms with Gasteiger partial charge in [-0.1, -0.05) is 66.2 Å². The van der Waals surface area contributed by atoms with Crippen LogP contribution in [0.4, 0.5) is 0 Å². The average molecular weight is 297 g/mol. The zero-order valence-electron chi connectivity index (χ0n) is 13.5. The van der Waals surface area contributed by atoms with Gasteiger partial charge in [-0.3, -0.25) is 0 Å². The number of benzene rings is 2. The Balaban J connectivity index is 2.10. The van der Waals surface area contributed by atoms with Gasteiger partial charge in [-0.05, 0) is 42.7 Å². The number of hydrogen-bond donors (Lipinski definition) is 0. The van der Waals surface area contributed by atoms with E-state index in [1.165, 1.54) is 39.0 Å². The van der Waals surface area contributed by atoms with Gasteiger partial charge in [0, 0.05) is 17.3 Å². The Hall–Kier alpha value is -2.80. The van der Waals surface area contributed by atoms with Crippen molar-refractivity contribution >= 4 is 5.52 Å². The van der Waals surface area contributed by atoms with Crippen LogP contribution in [0.3, 0.4) is 0 Å². The molecule has 0 fully saturated rings. The molecule has 1 nitrogen and oxygen atoms in total. The van der Waals surface area contributed by atoms with Crippen molar-refractivity contribution in [3.8, 4) is 22.4 Å². The first-order valence-corrected chi connectivity index (χ1v) is 7.98. The summed E-state index contributed by atoms with van der Waals surface area (Å²) in [6, 6.07) is 25.9. The van der Waals surface area contributed by atoms with Crippen molar-refractivity contribution in [3.63, 3.8) is 0 Å². The quantitative estimate of drug-likeness (QED) is 0.434. The van der Waals surface area contributed by atoms with Gasteiger partial charge < -0.3 is 4.40 Å². The molecule has 1 heteroatoms. The van der Waals surface area contributed by atoms with E-state index in [0.717, 1.165) is 0 Å². The molecule has 2 heterocycles. The molecule has 0 N–H and O–H groups in total. The summed E-state index contributed by atoms with van der Waals surface area (Å²) in [7, 11) is 0. The van der Waals surface area contributed by atoms with Crippen molar-refractivity contribution in [2.45, 2.75) is 13.8 Å². The summed E-state index contributed by atoms with van der Waals surface area (Å²) in [5.41, 5.74) is 8.99. The van der Waals surface area contributed by atoms with Crippen molar-refractivity contribution in [3.05, 3.63) is 90.1 Å². The topological polar surface area (TPSA) is 4.41 Å². The molecule has 4 aromatic rings. The van der Waals surface area contributed by atoms with Gasteiger partial charge in [0.2, 0.25) is 0 Å². The third-order valence-corrected chi connectivity index (χ3v) is 4.48. The summed E-state index contributed by atoms with van der Waals surface area (Å²) in [6.07, 6.45) is 2.16. The van der Waals surface area contributed by atoms with Gasteiger partial charge in [-0.25, -0.2) is 0 Å². The second-order valence-electron chi connectivity index (χ2n) is 6.04. The van der Waals surface area contributed by atoms with Crippen LogP contribution in [0.25, 0.3) is 27.9 Å². The lowest BCUT2D eigenvalue weighted by Gasteiger charge is -2.08. The van der Waals surface area contributed by atoms with Crippen molar-refractivity contribution < 1.29 is 0 Å². The van der Waals surface area contributed by atoms with E-state index < -0.39 is 0 Å². The summed E-state index contributed by atoms with van der Waals surface area (Å²) in [5, 5.41) is 0. The minimum absolute atomic E-state index is 1.25. The molecule has 0 saturated carbocycles. The minimum atomic E-state index is 1.25. The first-order valence-electron chi connectivity index (χ1n) is 7.98. The Morgan fingerprint density at radius 1 is 0.652 bits per heavy atom. The lowest BCUT2D eigenvalue weighted by Crippen LogP contribution is -1.89. The molecule has 0 atom stereocenters. The van der Waals surface area contributed by atoms with Crippen molar-refractivity contribution in [2.75, 3.05) is 0 Å². The fourth-order valence-corrected chi connectivity index (χ4v) is 3.32. The number of aromatic nitrogens is 1. The lowest BCUT2D eigenvalue weighted by atomic mass is 9.97. The minimum Gasteiger partial charge on any atom is -0.316 e. The first-order chi connectivity index (χ1) is 11.3. The molecule has 0 unspecified atom stereocenters. The van der Waals surface area contributed by atoms with E-state index in [1.807, 2.05) is 0 Å². The van der Waals surface area contributed by atoms with Gasteiger partial charge in [0.15, 0.2) is 0 Å². The van der Waals surface area contributed by atoms with Crippen LogP contribution in [-0.4, -0.2) is 4.40 Å². The number of nitrogens with zero attached hydrogens (tertiary/aromatic N) is 1. The Kier molecular flexibility index (Phi) is 3.27. The van der Waals surface area contributed by atoms with Crippen LogP contribution < -0.4 is 0 Å². The normalized spacial score (nSPS) is 11.0. The second kappa shape index (κ2) is 5.44. The molecule has 0 radical (unpaired) electrons. The monoisotopic (exact) mass is 297 g/mol. The number of aryl methyl sites for hydroxylation is 2. The highest BCUT2D eigenvalue weighted by Crippen LogP contribution is 2.38. The average Bonchev–Trinajstić information content (AvgIpc) is 2.90. The van der Waals surface area contributed by atoms with Crippen LogP contribution in [0, 0.1) is 13.8 Å². The molecule has 112 valence electrons. The molecule has 0 amide bonds. The third kappa shape index (κ3) is 2.25. The highest BCUT2D eigenvalue weighted by molar-refractivity contribution is 5.90. The molecule has 2 aromatic carbocycles. The predicted molar refractivity (Wildman–Crippen MR) is 97.7 cm³/mol. The molecule has 0 aliphatic carbocycles. The molecule has 2 aromatic heterocycles. The van der Waals surface area contributed by atoms with E-state index in [4.69, 9.17) is 0 Å². The van der Waals surface area contributed by atoms with E-state index in [0.29, 0.717) is 0 Å². The zero-order valence-corrected chi connectivity index (χ0v) is 13.5. The maximum atomic E-state index is 2.31. The second-order valence-corrected chi connectivity index (χ2v) is 6.04. The van der Waals surface area contributed by atoms with Crippen LogP contribution in [0.5, 0.6) is 0 Å². The summed E-state index contributed by atoms with van der Waals surface area (Å²) in [4.78, 5) is 0. The van der Waals surface area contributed by atoms with Gasteiger partial charge >= 0.3 is 0 Å². The maximum absolute atomic E-state index is 2.31. The van der Waals surface area contributed by atoms with Gasteiger partial charge in [-0.2, -0.15) is 0 Å². The van der Waals surface area contributed by atoms with Crippen molar-refractivity contribution in [2.24, 2.45) is 0 Å². The van der Waals surface area contributed by atoms with Crippen LogP contribution in [0.2, 0.25) is 0 Å². The van der Waals surface area contributed by atoms with E-state index in [-0.39, 0.29) is 0 Å². The van der Waals surface area contributed by atoms with E-state index >= 15 is 0 Å². The van der Waals surface area contributed by atoms with Crippen molar-refractivity contribution in [1.82, 2.24) is 4.40 Å². The lowest BCUT2D eigenvalue weighted by molar-refractivity contribution is 1.20. The van der Waals surface area contributed by atoms with Crippen molar-refractivity contribution in [1.29, 1.82) is 0 Å². The van der Waals surface area contributed by atoms with Crippen LogP contribution in [0.15, 0.2) is 79.0 Å². The van der Waals surface area contributed by atoms with Gasteiger partial charge in [0.1, 0.15) is 0 Å². The van der Waals surface area contributed by atoms with Crippen LogP contribution in [-0.2, 0) is 0 Å². The summed E-state index contributed by atoms with van der Waals surface area (Å²) in [6.45, 7) is 4.35. The van der Waals surface area contributed by atoms with Crippen LogP contribution in [0.1, 0.15) is 11.1 Å². The first kappa shape index (κ1) is 13.8. The Bertz CT molecular complexity index is 960. The molecule has 0 aliphatic rings. The highest BCUT2D eigenvalue weighted by Gasteiger charge is 2.17. The predicted octanol–water partition coefficient (Wildman–Crippen LogP) is 5.89. The standard InChI is InChI=1S/C22H19N/c1-16-11-13-19(14-12-16)22-21(18-8-4-3-5-9-18)17(2)20-10-6-7-15-23(20)22/h3-15H,1-2H3. The fraction of sp³-hybridized carbons (Fsp3) is 0.0909. The van der Waals surface area contributed by atoms with E-state index in [1.54, 1.807) is 0 Å². The maximum Gasteiger partial charge on any atom is 0.0609 e.